The fourth-order valence-electron chi connectivity index (χ4n) is 3.07. The van der Waals surface area contributed by atoms with Crippen molar-refractivity contribution >= 4 is 32.6 Å². The van der Waals surface area contributed by atoms with Crippen LogP contribution in [0, 0.1) is 0 Å². The van der Waals surface area contributed by atoms with E-state index in [0.29, 0.717) is 18.7 Å². The van der Waals surface area contributed by atoms with E-state index in [4.69, 9.17) is 0 Å². The molecule has 3 rings (SSSR count). The molecule has 0 saturated carbocycles. The monoisotopic (exact) mass is 413 g/mol. The molecule has 7 nitrogen and oxygen atoms in total. The number of hydrogen-bond donors (Lipinski definition) is 2. The zero-order valence-corrected chi connectivity index (χ0v) is 17.1. The first-order valence-corrected chi connectivity index (χ1v) is 10.7. The Bertz CT molecular complexity index is 1130. The van der Waals surface area contributed by atoms with E-state index in [1.165, 1.54) is 31.2 Å². The number of benzene rings is 2. The molecule has 1 aromatic heterocycles. The van der Waals surface area contributed by atoms with Crippen molar-refractivity contribution in [3.8, 4) is 0 Å². The first-order valence-electron chi connectivity index (χ1n) is 9.25. The Labute approximate surface area is 169 Å². The lowest BCUT2D eigenvalue weighted by atomic mass is 10.1. The van der Waals surface area contributed by atoms with Crippen molar-refractivity contribution in [3.63, 3.8) is 0 Å². The lowest BCUT2D eigenvalue weighted by molar-refractivity contribution is -0.130. The van der Waals surface area contributed by atoms with Gasteiger partial charge in [0, 0.05) is 35.8 Å². The van der Waals surface area contributed by atoms with E-state index in [9.17, 15) is 18.0 Å². The van der Waals surface area contributed by atoms with E-state index < -0.39 is 10.0 Å². The summed E-state index contributed by atoms with van der Waals surface area (Å²) < 4.78 is 27.2. The summed E-state index contributed by atoms with van der Waals surface area (Å²) in [5.41, 5.74) is 2.38. The number of ketones is 1. The third kappa shape index (κ3) is 4.72. The van der Waals surface area contributed by atoms with Gasteiger partial charge >= 0.3 is 0 Å². The summed E-state index contributed by atoms with van der Waals surface area (Å²) in [6.45, 7) is 3.75. The molecule has 0 spiro atoms. The lowest BCUT2D eigenvalue weighted by Crippen LogP contribution is -2.39. The third-order valence-corrected chi connectivity index (χ3v) is 6.17. The van der Waals surface area contributed by atoms with Crippen LogP contribution in [0.4, 0.5) is 0 Å². The summed E-state index contributed by atoms with van der Waals surface area (Å²) in [7, 11) is -3.85. The molecule has 2 N–H and O–H groups in total. The number of sulfonamides is 1. The second-order valence-corrected chi connectivity index (χ2v) is 8.44. The highest BCUT2D eigenvalue weighted by molar-refractivity contribution is 7.89. The molecule has 0 unspecified atom stereocenters. The van der Waals surface area contributed by atoms with Crippen molar-refractivity contribution in [1.82, 2.24) is 14.6 Å². The molecule has 29 heavy (non-hydrogen) atoms. The Kier molecular flexibility index (Phi) is 6.14. The molecule has 0 atom stereocenters. The number of nitrogens with zero attached hydrogens (tertiary/aromatic N) is 1. The average Bonchev–Trinajstić information content (AvgIpc) is 3.13. The summed E-state index contributed by atoms with van der Waals surface area (Å²) in [4.78, 5) is 28.7. The molecule has 3 aromatic rings. The molecule has 152 valence electrons. The Morgan fingerprint density at radius 2 is 1.76 bits per heavy atom. The van der Waals surface area contributed by atoms with E-state index >= 15 is 0 Å². The summed E-state index contributed by atoms with van der Waals surface area (Å²) in [6, 6.07) is 13.4. The average molecular weight is 413 g/mol. The number of aromatic amines is 1. The Hall–Kier alpha value is -2.97. The molecule has 0 saturated heterocycles. The van der Waals surface area contributed by atoms with Crippen LogP contribution in [-0.4, -0.2) is 43.1 Å². The molecule has 8 heteroatoms. The lowest BCUT2D eigenvalue weighted by Gasteiger charge is -2.21. The van der Waals surface area contributed by atoms with Gasteiger partial charge in [-0.1, -0.05) is 30.3 Å². The third-order valence-electron chi connectivity index (χ3n) is 4.76. The largest absolute Gasteiger partial charge is 0.361 e. The zero-order valence-electron chi connectivity index (χ0n) is 16.3. The number of Topliss-reactive ketones (excluding diaryl/α,β-unsaturated/α-hetero) is 1. The number of amides is 1. The van der Waals surface area contributed by atoms with Crippen molar-refractivity contribution in [2.24, 2.45) is 0 Å². The van der Waals surface area contributed by atoms with Gasteiger partial charge in [0.2, 0.25) is 15.9 Å². The smallest absolute Gasteiger partial charge is 0.241 e. The van der Waals surface area contributed by atoms with Crippen LogP contribution in [0.15, 0.2) is 59.6 Å². The van der Waals surface area contributed by atoms with Crippen molar-refractivity contribution in [1.29, 1.82) is 0 Å². The van der Waals surface area contributed by atoms with Gasteiger partial charge in [0.05, 0.1) is 11.4 Å². The van der Waals surface area contributed by atoms with Crippen molar-refractivity contribution in [3.05, 3.63) is 65.9 Å². The van der Waals surface area contributed by atoms with E-state index in [-0.39, 0.29) is 23.1 Å². The van der Waals surface area contributed by atoms with Crippen LogP contribution < -0.4 is 4.72 Å². The molecular formula is C21H23N3O4S. The maximum atomic E-state index is 12.6. The van der Waals surface area contributed by atoms with E-state index in [1.54, 1.807) is 4.90 Å². The van der Waals surface area contributed by atoms with Gasteiger partial charge in [-0.05, 0) is 37.6 Å². The van der Waals surface area contributed by atoms with Crippen LogP contribution in [-0.2, 0) is 21.4 Å². The molecular weight excluding hydrogens is 390 g/mol. The maximum absolute atomic E-state index is 12.6. The van der Waals surface area contributed by atoms with E-state index in [0.717, 1.165) is 16.5 Å². The fourth-order valence-corrected chi connectivity index (χ4v) is 4.04. The molecule has 2 aromatic carbocycles. The number of aromatic nitrogens is 1. The van der Waals surface area contributed by atoms with Gasteiger partial charge in [-0.3, -0.25) is 9.59 Å². The number of carbonyl (C=O) groups is 2. The number of fused-ring (bicyclic) bond motifs is 1. The first kappa shape index (κ1) is 20.8. The van der Waals surface area contributed by atoms with E-state index in [1.807, 2.05) is 37.4 Å². The predicted molar refractivity (Wildman–Crippen MR) is 111 cm³/mol. The molecule has 0 fully saturated rings. The Morgan fingerprint density at radius 3 is 2.41 bits per heavy atom. The highest BCUT2D eigenvalue weighted by Gasteiger charge is 2.19. The standard InChI is InChI=1S/C21H23N3O4S/c1-3-24(14-17-12-22-20-7-5-4-6-19(17)20)21(26)13-23-29(27,28)18-10-8-16(9-11-18)15(2)25/h4-12,22-23H,3,13-14H2,1-2H3. The van der Waals surface area contributed by atoms with Gasteiger partial charge in [-0.15, -0.1) is 0 Å². The maximum Gasteiger partial charge on any atom is 0.241 e. The van der Waals surface area contributed by atoms with Crippen LogP contribution >= 0.6 is 0 Å². The Morgan fingerprint density at radius 1 is 1.07 bits per heavy atom. The molecule has 0 radical (unpaired) electrons. The van der Waals surface area contributed by atoms with Gasteiger partial charge in [-0.25, -0.2) is 13.1 Å². The zero-order chi connectivity index (χ0) is 21.0. The minimum Gasteiger partial charge on any atom is -0.361 e. The molecule has 0 aliphatic rings. The molecule has 0 aliphatic heterocycles. The second kappa shape index (κ2) is 8.59. The van der Waals surface area contributed by atoms with Crippen molar-refractivity contribution in [2.45, 2.75) is 25.3 Å². The van der Waals surface area contributed by atoms with Gasteiger partial charge in [0.1, 0.15) is 0 Å². The van der Waals surface area contributed by atoms with Crippen molar-refractivity contribution in [2.75, 3.05) is 13.1 Å². The van der Waals surface area contributed by atoms with Crippen LogP contribution in [0.5, 0.6) is 0 Å². The molecule has 1 amide bonds. The summed E-state index contributed by atoms with van der Waals surface area (Å²) >= 11 is 0. The number of para-hydroxylation sites is 1. The number of H-pyrrole nitrogens is 1. The van der Waals surface area contributed by atoms with Gasteiger partial charge in [0.25, 0.3) is 0 Å². The summed E-state index contributed by atoms with van der Waals surface area (Å²) in [5.74, 6) is -0.463. The van der Waals surface area contributed by atoms with Gasteiger partial charge in [-0.2, -0.15) is 0 Å². The number of rotatable bonds is 8. The molecule has 0 bridgehead atoms. The molecule has 1 heterocycles. The highest BCUT2D eigenvalue weighted by atomic mass is 32.2. The SMILES string of the molecule is CCN(Cc1c[nH]c2ccccc12)C(=O)CNS(=O)(=O)c1ccc(C(C)=O)cc1. The van der Waals surface area contributed by atoms with Crippen LogP contribution in [0.25, 0.3) is 10.9 Å². The number of hydrogen-bond acceptors (Lipinski definition) is 4. The first-order chi connectivity index (χ1) is 13.8. The predicted octanol–water partition coefficient (Wildman–Crippen LogP) is 2.70. The topological polar surface area (TPSA) is 99.3 Å². The number of nitrogens with one attached hydrogen (secondary N) is 2. The normalized spacial score (nSPS) is 11.5. The van der Waals surface area contributed by atoms with Crippen LogP contribution in [0.2, 0.25) is 0 Å². The van der Waals surface area contributed by atoms with E-state index in [2.05, 4.69) is 9.71 Å². The van der Waals surface area contributed by atoms with Crippen molar-refractivity contribution < 1.29 is 18.0 Å². The number of carbonyl (C=O) groups excluding carboxylic acids is 2. The van der Waals surface area contributed by atoms with Crippen LogP contribution in [0.1, 0.15) is 29.8 Å². The highest BCUT2D eigenvalue weighted by Crippen LogP contribution is 2.19. The van der Waals surface area contributed by atoms with Gasteiger partial charge in [0.15, 0.2) is 5.78 Å². The quantitative estimate of drug-likeness (QED) is 0.555. The summed E-state index contributed by atoms with van der Waals surface area (Å²) in [5, 5.41) is 1.03. The fraction of sp³-hybridized carbons (Fsp3) is 0.238. The van der Waals surface area contributed by atoms with Crippen LogP contribution in [0.3, 0.4) is 0 Å². The minimum atomic E-state index is -3.85. The number of likely N-dealkylation sites (N-methyl/N-ethyl adjacent to an activating group) is 1. The summed E-state index contributed by atoms with van der Waals surface area (Å²) in [6.07, 6.45) is 1.86. The second-order valence-electron chi connectivity index (χ2n) is 6.67. The Balaban J connectivity index is 1.67. The van der Waals surface area contributed by atoms with Gasteiger partial charge < -0.3 is 9.88 Å². The minimum absolute atomic E-state index is 0.00924. The molecule has 0 aliphatic carbocycles.